The summed E-state index contributed by atoms with van der Waals surface area (Å²) in [5, 5.41) is 27.2. The molecule has 6 N–H and O–H groups in total. The molecule has 0 aliphatic carbocycles. The van der Waals surface area contributed by atoms with Crippen LogP contribution < -0.4 is 19.2 Å². The van der Waals surface area contributed by atoms with Crippen LogP contribution in [0, 0.1) is 13.8 Å². The fourth-order valence-electron chi connectivity index (χ4n) is 7.22. The number of phenols is 2. The van der Waals surface area contributed by atoms with Crippen molar-refractivity contribution in [3.63, 3.8) is 0 Å². The molecule has 0 atom stereocenters. The average Bonchev–Trinajstić information content (AvgIpc) is 3.34. The number of hydrogen-bond donors (Lipinski definition) is 6. The molecule has 8 rings (SSSR count). The van der Waals surface area contributed by atoms with Gasteiger partial charge in [0.15, 0.2) is 9.79 Å². The normalized spacial score (nSPS) is 15.4. The van der Waals surface area contributed by atoms with Crippen LogP contribution in [0.1, 0.15) is 11.1 Å². The molecule has 21 heteroatoms. The summed E-state index contributed by atoms with van der Waals surface area (Å²) in [6.45, 7) is 2.79. The topological polar surface area (TPSA) is 265 Å². The summed E-state index contributed by atoms with van der Waals surface area (Å²) in [5.41, 5.74) is -2.51. The molecule has 0 spiro atoms. The molecule has 0 fully saturated rings. The first-order valence-corrected chi connectivity index (χ1v) is 21.8. The number of nitrogens with zero attached hydrogens (tertiary/aromatic N) is 2. The molecule has 0 aromatic heterocycles. The first-order valence-electron chi connectivity index (χ1n) is 16.1. The van der Waals surface area contributed by atoms with Gasteiger partial charge in [-0.25, -0.2) is 30.2 Å². The Morgan fingerprint density at radius 2 is 0.929 bits per heavy atom. The molecule has 2 heterocycles. The lowest BCUT2D eigenvalue weighted by Gasteiger charge is -2.22. The molecule has 6 aromatic carbocycles. The van der Waals surface area contributed by atoms with Crippen LogP contribution in [-0.4, -0.2) is 59.0 Å². The number of aryl methyl sites for hydroxylation is 2. The Hall–Kier alpha value is -5.97. The Morgan fingerprint density at radius 1 is 0.571 bits per heavy atom. The summed E-state index contributed by atoms with van der Waals surface area (Å²) >= 11 is 0. The highest BCUT2D eigenvalue weighted by Crippen LogP contribution is 2.55. The van der Waals surface area contributed by atoms with E-state index in [9.17, 15) is 57.8 Å². The maximum atomic E-state index is 14.2. The van der Waals surface area contributed by atoms with Crippen LogP contribution in [0.4, 0.5) is 38.9 Å². The second-order valence-electron chi connectivity index (χ2n) is 12.9. The maximum absolute atomic E-state index is 14.2. The highest BCUT2D eigenvalue weighted by Gasteiger charge is 2.46. The van der Waals surface area contributed by atoms with Crippen LogP contribution in [0.5, 0.6) is 11.5 Å². The van der Waals surface area contributed by atoms with Crippen molar-refractivity contribution in [2.45, 2.75) is 33.4 Å². The van der Waals surface area contributed by atoms with E-state index in [4.69, 9.17) is 0 Å². The van der Waals surface area contributed by atoms with E-state index in [0.29, 0.717) is 8.61 Å². The third-order valence-electron chi connectivity index (χ3n) is 9.44. The summed E-state index contributed by atoms with van der Waals surface area (Å²) in [6, 6.07) is 18.0. The number of carbonyl (C=O) groups is 1. The molecule has 2 aliphatic rings. The molecule has 0 radical (unpaired) electrons. The molecule has 6 aromatic rings. The molecule has 2 aliphatic heterocycles. The van der Waals surface area contributed by atoms with Crippen molar-refractivity contribution in [3.8, 4) is 11.5 Å². The number of phenolic OH excluding ortho intramolecular Hbond substituents is 2. The number of hydrogen-bond acceptors (Lipinski definition) is 11. The van der Waals surface area contributed by atoms with E-state index in [-0.39, 0.29) is 55.4 Å². The zero-order valence-corrected chi connectivity index (χ0v) is 31.8. The Balaban J connectivity index is 1.25. The van der Waals surface area contributed by atoms with Crippen molar-refractivity contribution < 1.29 is 57.8 Å². The minimum atomic E-state index is -5.29. The molecular weight excluding hydrogens is 813 g/mol. The van der Waals surface area contributed by atoms with Crippen molar-refractivity contribution in [2.75, 3.05) is 19.2 Å². The van der Waals surface area contributed by atoms with Crippen LogP contribution in [0.3, 0.4) is 0 Å². The smallest absolute Gasteiger partial charge is 0.323 e. The quantitative estimate of drug-likeness (QED) is 0.108. The fourth-order valence-corrected chi connectivity index (χ4v) is 12.6. The van der Waals surface area contributed by atoms with Gasteiger partial charge in [0.1, 0.15) is 21.3 Å². The number of anilines is 6. The van der Waals surface area contributed by atoms with Gasteiger partial charge in [0, 0.05) is 10.8 Å². The van der Waals surface area contributed by atoms with Gasteiger partial charge in [0.25, 0.3) is 40.3 Å². The highest BCUT2D eigenvalue weighted by atomic mass is 32.2. The van der Waals surface area contributed by atoms with Crippen LogP contribution in [0.15, 0.2) is 105 Å². The maximum Gasteiger partial charge on any atom is 0.323 e. The number of urea groups is 1. The number of fused-ring (bicyclic) bond motifs is 6. The number of nitrogens with one attached hydrogen (secondary N) is 2. The second kappa shape index (κ2) is 12.0. The standard InChI is InChI=1S/C35H26N4O13S4/c1-17-11-13-23-27(31(17)53(43,44)38(23)25-15-19-7-3-5-9-21(19)29(40)33(25)55(47,48)49)36-35(42)37-28-24-14-12-18(2)32(28)54(45,46)39(24)26-16-20-8-4-6-10-22(20)30(41)34(26)56(50,51)52/h3-16,40-41H,1-2H3,(H2,36,37,42)(H,47,48,49)(H,50,51,52). The van der Waals surface area contributed by atoms with Crippen molar-refractivity contribution in [1.82, 2.24) is 0 Å². The third kappa shape index (κ3) is 5.27. The summed E-state index contributed by atoms with van der Waals surface area (Å²) in [6.07, 6.45) is 0. The zero-order chi connectivity index (χ0) is 40.4. The zero-order valence-electron chi connectivity index (χ0n) is 28.6. The monoisotopic (exact) mass is 838 g/mol. The lowest BCUT2D eigenvalue weighted by atomic mass is 10.1. The van der Waals surface area contributed by atoms with Crippen LogP contribution in [0.2, 0.25) is 0 Å². The Labute approximate surface area is 318 Å². The van der Waals surface area contributed by atoms with Crippen molar-refractivity contribution in [1.29, 1.82) is 0 Å². The molecular formula is C35H26N4O13S4. The molecule has 4 bridgehead atoms. The van der Waals surface area contributed by atoms with Gasteiger partial charge in [-0.3, -0.25) is 9.11 Å². The van der Waals surface area contributed by atoms with Gasteiger partial charge in [-0.15, -0.1) is 0 Å². The Morgan fingerprint density at radius 3 is 1.29 bits per heavy atom. The number of benzene rings is 6. The molecule has 288 valence electrons. The van der Waals surface area contributed by atoms with Crippen molar-refractivity contribution in [2.24, 2.45) is 0 Å². The number of aromatic hydroxyl groups is 2. The average molecular weight is 839 g/mol. The lowest BCUT2D eigenvalue weighted by Crippen LogP contribution is -2.23. The van der Waals surface area contributed by atoms with Gasteiger partial charge in [0.05, 0.1) is 34.1 Å². The van der Waals surface area contributed by atoms with Gasteiger partial charge in [-0.1, -0.05) is 60.7 Å². The first-order chi connectivity index (χ1) is 26.2. The number of rotatable bonds is 6. The SMILES string of the molecule is Cc1ccc2c(NC(=O)Nc3c4ccc(C)c3S(=O)(=O)N4c3cc4ccccc4c(O)c3S(=O)(=O)O)c1S(=O)(=O)N2c1cc2ccccc2c(O)c1S(=O)(=O)O. The molecule has 0 saturated carbocycles. The predicted octanol–water partition coefficient (Wildman–Crippen LogP) is 5.84. The summed E-state index contributed by atoms with van der Waals surface area (Å²) in [5.74, 6) is -1.86. The fraction of sp³-hybridized carbons (Fsp3) is 0.0571. The van der Waals surface area contributed by atoms with Gasteiger partial charge >= 0.3 is 6.03 Å². The highest BCUT2D eigenvalue weighted by molar-refractivity contribution is 7.94. The van der Waals surface area contributed by atoms with Crippen LogP contribution >= 0.6 is 0 Å². The van der Waals surface area contributed by atoms with Crippen molar-refractivity contribution in [3.05, 3.63) is 96.1 Å². The second-order valence-corrected chi connectivity index (χ2v) is 19.0. The molecule has 0 saturated heterocycles. The van der Waals surface area contributed by atoms with E-state index in [2.05, 4.69) is 10.6 Å². The van der Waals surface area contributed by atoms with E-state index < -0.39 is 88.8 Å². The third-order valence-corrected chi connectivity index (χ3v) is 15.1. The van der Waals surface area contributed by atoms with E-state index in [1.54, 1.807) is 12.1 Å². The van der Waals surface area contributed by atoms with E-state index in [1.165, 1.54) is 74.5 Å². The van der Waals surface area contributed by atoms with Crippen molar-refractivity contribution >= 4 is 102 Å². The molecule has 2 amide bonds. The van der Waals surface area contributed by atoms with E-state index >= 15 is 0 Å². The first kappa shape index (κ1) is 37.0. The largest absolute Gasteiger partial charge is 0.506 e. The minimum absolute atomic E-state index is 0.0111. The summed E-state index contributed by atoms with van der Waals surface area (Å²) < 4.78 is 129. The minimum Gasteiger partial charge on any atom is -0.506 e. The Bertz CT molecular complexity index is 3050. The van der Waals surface area contributed by atoms with E-state index in [1.807, 2.05) is 0 Å². The summed E-state index contributed by atoms with van der Waals surface area (Å²) in [7, 11) is -20.1. The predicted molar refractivity (Wildman–Crippen MR) is 205 cm³/mol. The molecule has 17 nitrogen and oxygen atoms in total. The van der Waals surface area contributed by atoms with Crippen LogP contribution in [0.25, 0.3) is 21.5 Å². The van der Waals surface area contributed by atoms with Gasteiger partial charge in [-0.2, -0.15) is 16.8 Å². The van der Waals surface area contributed by atoms with Gasteiger partial charge in [0.2, 0.25) is 0 Å². The number of carbonyl (C=O) groups excluding carboxylic acids is 1. The number of sulfonamides is 2. The van der Waals surface area contributed by atoms with Crippen LogP contribution in [-0.2, 0) is 40.3 Å². The summed E-state index contributed by atoms with van der Waals surface area (Å²) in [4.78, 5) is 10.7. The van der Waals surface area contributed by atoms with E-state index in [0.717, 1.165) is 12.1 Å². The number of amides is 2. The molecule has 56 heavy (non-hydrogen) atoms. The Kier molecular flexibility index (Phi) is 7.93. The molecule has 0 unspecified atom stereocenters. The lowest BCUT2D eigenvalue weighted by molar-refractivity contribution is 0.262. The van der Waals surface area contributed by atoms with Gasteiger partial charge in [-0.05, 0) is 60.0 Å². The van der Waals surface area contributed by atoms with Gasteiger partial charge < -0.3 is 20.8 Å².